The van der Waals surface area contributed by atoms with Crippen molar-refractivity contribution < 1.29 is 9.15 Å². The fraction of sp³-hybridized carbons (Fsp3) is 0.533. The van der Waals surface area contributed by atoms with E-state index in [1.807, 2.05) is 18.2 Å². The SMILES string of the molecule is CCC(CC)N(CCOC)c1nc2cc(N)ccc2o1. The lowest BCUT2D eigenvalue weighted by molar-refractivity contribution is 0.201. The van der Waals surface area contributed by atoms with Gasteiger partial charge in [-0.1, -0.05) is 13.8 Å². The van der Waals surface area contributed by atoms with Crippen LogP contribution < -0.4 is 10.6 Å². The first-order chi connectivity index (χ1) is 9.69. The van der Waals surface area contributed by atoms with Crippen molar-refractivity contribution in [3.8, 4) is 0 Å². The molecule has 0 unspecified atom stereocenters. The molecule has 0 aliphatic heterocycles. The van der Waals surface area contributed by atoms with Gasteiger partial charge in [-0.25, -0.2) is 0 Å². The highest BCUT2D eigenvalue weighted by Gasteiger charge is 2.20. The van der Waals surface area contributed by atoms with Crippen LogP contribution in [0.1, 0.15) is 26.7 Å². The predicted molar refractivity (Wildman–Crippen MR) is 82.0 cm³/mol. The van der Waals surface area contributed by atoms with Crippen molar-refractivity contribution in [1.82, 2.24) is 4.98 Å². The molecular weight excluding hydrogens is 254 g/mol. The van der Waals surface area contributed by atoms with Gasteiger partial charge in [0.2, 0.25) is 0 Å². The highest BCUT2D eigenvalue weighted by molar-refractivity contribution is 5.78. The van der Waals surface area contributed by atoms with Gasteiger partial charge in [0.15, 0.2) is 5.58 Å². The summed E-state index contributed by atoms with van der Waals surface area (Å²) in [5.41, 5.74) is 8.05. The number of oxazole rings is 1. The third-order valence-electron chi connectivity index (χ3n) is 3.57. The summed E-state index contributed by atoms with van der Waals surface area (Å²) in [4.78, 5) is 6.75. The quantitative estimate of drug-likeness (QED) is 0.788. The van der Waals surface area contributed by atoms with Crippen LogP contribution in [0.4, 0.5) is 11.7 Å². The Hall–Kier alpha value is -1.75. The topological polar surface area (TPSA) is 64.5 Å². The molecule has 1 aromatic carbocycles. The molecule has 0 radical (unpaired) electrons. The first-order valence-corrected chi connectivity index (χ1v) is 7.11. The molecular formula is C15H23N3O2. The lowest BCUT2D eigenvalue weighted by Crippen LogP contribution is -2.37. The van der Waals surface area contributed by atoms with Gasteiger partial charge in [-0.2, -0.15) is 4.98 Å². The second-order valence-corrected chi connectivity index (χ2v) is 4.88. The largest absolute Gasteiger partial charge is 0.423 e. The molecule has 2 rings (SSSR count). The standard InChI is InChI=1S/C15H23N3O2/c1-4-12(5-2)18(8-9-19-3)15-17-13-10-11(16)6-7-14(13)20-15/h6-7,10,12H,4-5,8-9,16H2,1-3H3. The second-order valence-electron chi connectivity index (χ2n) is 4.88. The maximum Gasteiger partial charge on any atom is 0.298 e. The number of nitrogens with two attached hydrogens (primary N) is 1. The minimum absolute atomic E-state index is 0.399. The van der Waals surface area contributed by atoms with E-state index >= 15 is 0 Å². The summed E-state index contributed by atoms with van der Waals surface area (Å²) in [7, 11) is 1.71. The Bertz CT molecular complexity index is 549. The number of nitrogens with zero attached hydrogens (tertiary/aromatic N) is 2. The number of hydrogen-bond donors (Lipinski definition) is 1. The van der Waals surface area contributed by atoms with E-state index in [2.05, 4.69) is 23.7 Å². The van der Waals surface area contributed by atoms with E-state index in [0.29, 0.717) is 24.4 Å². The van der Waals surface area contributed by atoms with Crippen LogP contribution in [0.3, 0.4) is 0 Å². The molecule has 0 fully saturated rings. The maximum absolute atomic E-state index is 5.87. The molecule has 0 bridgehead atoms. The zero-order valence-electron chi connectivity index (χ0n) is 12.4. The van der Waals surface area contributed by atoms with Crippen LogP contribution in [-0.4, -0.2) is 31.3 Å². The molecule has 110 valence electrons. The number of aromatic nitrogens is 1. The maximum atomic E-state index is 5.87. The Morgan fingerprint density at radius 1 is 1.35 bits per heavy atom. The third-order valence-corrected chi connectivity index (χ3v) is 3.57. The van der Waals surface area contributed by atoms with Crippen LogP contribution in [0, 0.1) is 0 Å². The molecule has 0 aliphatic rings. The number of methoxy groups -OCH3 is 1. The predicted octanol–water partition coefficient (Wildman–Crippen LogP) is 3.05. The average molecular weight is 277 g/mol. The summed E-state index contributed by atoms with van der Waals surface area (Å²) in [6.45, 7) is 5.77. The Labute approximate surface area is 119 Å². The van der Waals surface area contributed by atoms with E-state index in [4.69, 9.17) is 14.9 Å². The van der Waals surface area contributed by atoms with Gasteiger partial charge in [0, 0.05) is 25.4 Å². The minimum atomic E-state index is 0.399. The molecule has 0 saturated carbocycles. The van der Waals surface area contributed by atoms with Crippen molar-refractivity contribution in [2.45, 2.75) is 32.7 Å². The molecule has 1 aromatic heterocycles. The number of anilines is 2. The summed E-state index contributed by atoms with van der Waals surface area (Å²) in [5.74, 6) is 0. The van der Waals surface area contributed by atoms with Crippen LogP contribution in [0.5, 0.6) is 0 Å². The molecule has 0 aliphatic carbocycles. The average Bonchev–Trinajstić information content (AvgIpc) is 2.86. The zero-order valence-corrected chi connectivity index (χ0v) is 12.4. The Kier molecular flexibility index (Phi) is 4.84. The van der Waals surface area contributed by atoms with Crippen LogP contribution in [-0.2, 0) is 4.74 Å². The highest BCUT2D eigenvalue weighted by atomic mass is 16.5. The van der Waals surface area contributed by atoms with Crippen molar-refractivity contribution in [3.63, 3.8) is 0 Å². The summed E-state index contributed by atoms with van der Waals surface area (Å²) >= 11 is 0. The highest BCUT2D eigenvalue weighted by Crippen LogP contribution is 2.26. The number of hydrogen-bond acceptors (Lipinski definition) is 5. The summed E-state index contributed by atoms with van der Waals surface area (Å²) < 4.78 is 11.1. The van der Waals surface area contributed by atoms with Crippen molar-refractivity contribution >= 4 is 22.8 Å². The smallest absolute Gasteiger partial charge is 0.298 e. The van der Waals surface area contributed by atoms with E-state index in [1.165, 1.54) is 0 Å². The lowest BCUT2D eigenvalue weighted by Gasteiger charge is -2.28. The first-order valence-electron chi connectivity index (χ1n) is 7.11. The Morgan fingerprint density at radius 2 is 2.10 bits per heavy atom. The van der Waals surface area contributed by atoms with Crippen LogP contribution >= 0.6 is 0 Å². The Balaban J connectivity index is 2.33. The fourth-order valence-corrected chi connectivity index (χ4v) is 2.41. The second kappa shape index (κ2) is 6.61. The van der Waals surface area contributed by atoms with Crippen molar-refractivity contribution in [3.05, 3.63) is 18.2 Å². The number of ether oxygens (including phenoxy) is 1. The van der Waals surface area contributed by atoms with Gasteiger partial charge in [0.25, 0.3) is 6.01 Å². The number of benzene rings is 1. The molecule has 1 heterocycles. The van der Waals surface area contributed by atoms with Crippen LogP contribution in [0.25, 0.3) is 11.1 Å². The van der Waals surface area contributed by atoms with Crippen LogP contribution in [0.15, 0.2) is 22.6 Å². The van der Waals surface area contributed by atoms with E-state index in [1.54, 1.807) is 7.11 Å². The van der Waals surface area contributed by atoms with Crippen molar-refractivity contribution in [2.24, 2.45) is 0 Å². The Morgan fingerprint density at radius 3 is 2.75 bits per heavy atom. The van der Waals surface area contributed by atoms with E-state index in [-0.39, 0.29) is 0 Å². The van der Waals surface area contributed by atoms with Gasteiger partial charge in [-0.05, 0) is 31.0 Å². The molecule has 0 spiro atoms. The van der Waals surface area contributed by atoms with E-state index < -0.39 is 0 Å². The monoisotopic (exact) mass is 277 g/mol. The molecule has 0 saturated heterocycles. The first kappa shape index (κ1) is 14.7. The molecule has 5 nitrogen and oxygen atoms in total. The lowest BCUT2D eigenvalue weighted by atomic mass is 10.1. The van der Waals surface area contributed by atoms with E-state index in [0.717, 1.165) is 30.5 Å². The minimum Gasteiger partial charge on any atom is -0.423 e. The van der Waals surface area contributed by atoms with Gasteiger partial charge in [0.1, 0.15) is 5.52 Å². The van der Waals surface area contributed by atoms with Gasteiger partial charge < -0.3 is 19.8 Å². The molecule has 2 aromatic rings. The van der Waals surface area contributed by atoms with Gasteiger partial charge >= 0.3 is 0 Å². The molecule has 0 atom stereocenters. The fourth-order valence-electron chi connectivity index (χ4n) is 2.41. The van der Waals surface area contributed by atoms with Crippen molar-refractivity contribution in [2.75, 3.05) is 30.9 Å². The van der Waals surface area contributed by atoms with Gasteiger partial charge in [-0.15, -0.1) is 0 Å². The third kappa shape index (κ3) is 3.04. The number of nitrogen functional groups attached to an aromatic ring is 1. The molecule has 5 heteroatoms. The van der Waals surface area contributed by atoms with Gasteiger partial charge in [-0.3, -0.25) is 0 Å². The normalized spacial score (nSPS) is 11.4. The molecule has 20 heavy (non-hydrogen) atoms. The van der Waals surface area contributed by atoms with Gasteiger partial charge in [0.05, 0.1) is 6.61 Å². The summed E-state index contributed by atoms with van der Waals surface area (Å²) in [5, 5.41) is 0. The zero-order chi connectivity index (χ0) is 14.5. The summed E-state index contributed by atoms with van der Waals surface area (Å²) in [6, 6.07) is 6.58. The van der Waals surface area contributed by atoms with Crippen LogP contribution in [0.2, 0.25) is 0 Å². The van der Waals surface area contributed by atoms with Crippen molar-refractivity contribution in [1.29, 1.82) is 0 Å². The summed E-state index contributed by atoms with van der Waals surface area (Å²) in [6.07, 6.45) is 2.09. The number of rotatable bonds is 7. The number of fused-ring (bicyclic) bond motifs is 1. The molecule has 2 N–H and O–H groups in total. The van der Waals surface area contributed by atoms with E-state index in [9.17, 15) is 0 Å². The molecule has 0 amide bonds.